The minimum Gasteiger partial charge on any atom is -0.329 e. The Hall–Kier alpha value is -0.910. The summed E-state index contributed by atoms with van der Waals surface area (Å²) in [5, 5.41) is 0. The maximum Gasteiger partial charge on any atom is 0.241 e. The standard InChI is InChI=1S/C16H26N2O2S/c1-13-7-8-15(14(2)11-13)21(19,20)18-16(12-17)9-5-3-4-6-10-16/h7-8,11,18H,3-6,9-10,12,17H2,1-2H3. The number of benzene rings is 1. The van der Waals surface area contributed by atoms with E-state index >= 15 is 0 Å². The van der Waals surface area contributed by atoms with E-state index in [2.05, 4.69) is 4.72 Å². The van der Waals surface area contributed by atoms with Gasteiger partial charge in [-0.05, 0) is 38.3 Å². The van der Waals surface area contributed by atoms with Crippen LogP contribution in [0.5, 0.6) is 0 Å². The third kappa shape index (κ3) is 3.84. The van der Waals surface area contributed by atoms with E-state index in [1.807, 2.05) is 26.0 Å². The molecule has 0 radical (unpaired) electrons. The summed E-state index contributed by atoms with van der Waals surface area (Å²) < 4.78 is 28.4. The SMILES string of the molecule is Cc1ccc(S(=O)(=O)NC2(CN)CCCCCC2)c(C)c1. The molecule has 118 valence electrons. The van der Waals surface area contributed by atoms with E-state index in [0.717, 1.165) is 49.7 Å². The molecule has 4 nitrogen and oxygen atoms in total. The van der Waals surface area contributed by atoms with Gasteiger partial charge in [-0.1, -0.05) is 43.4 Å². The van der Waals surface area contributed by atoms with Gasteiger partial charge < -0.3 is 5.73 Å². The van der Waals surface area contributed by atoms with E-state index < -0.39 is 15.6 Å². The highest BCUT2D eigenvalue weighted by Crippen LogP contribution is 2.29. The summed E-state index contributed by atoms with van der Waals surface area (Å²) in [5.74, 6) is 0. The Labute approximate surface area is 128 Å². The van der Waals surface area contributed by atoms with E-state index in [-0.39, 0.29) is 0 Å². The first-order valence-electron chi connectivity index (χ1n) is 7.70. The Bertz CT molecular complexity index is 588. The molecule has 1 aliphatic carbocycles. The maximum absolute atomic E-state index is 12.7. The lowest BCUT2D eigenvalue weighted by molar-refractivity contribution is 0.342. The van der Waals surface area contributed by atoms with E-state index in [1.165, 1.54) is 0 Å². The summed E-state index contributed by atoms with van der Waals surface area (Å²) in [5.41, 5.74) is 7.29. The summed E-state index contributed by atoms with van der Waals surface area (Å²) >= 11 is 0. The molecular weight excluding hydrogens is 284 g/mol. The number of nitrogens with one attached hydrogen (secondary N) is 1. The molecule has 0 amide bonds. The van der Waals surface area contributed by atoms with Gasteiger partial charge in [0.2, 0.25) is 10.0 Å². The zero-order valence-electron chi connectivity index (χ0n) is 13.0. The summed E-state index contributed by atoms with van der Waals surface area (Å²) in [6, 6.07) is 5.43. The monoisotopic (exact) mass is 310 g/mol. The smallest absolute Gasteiger partial charge is 0.241 e. The molecule has 2 rings (SSSR count). The number of hydrogen-bond donors (Lipinski definition) is 2. The van der Waals surface area contributed by atoms with Crippen LogP contribution in [0.4, 0.5) is 0 Å². The van der Waals surface area contributed by atoms with Crippen LogP contribution in [0.2, 0.25) is 0 Å². The molecule has 0 atom stereocenters. The fourth-order valence-electron chi connectivity index (χ4n) is 3.19. The van der Waals surface area contributed by atoms with Crippen LogP contribution >= 0.6 is 0 Å². The van der Waals surface area contributed by atoms with Crippen LogP contribution in [0.3, 0.4) is 0 Å². The molecule has 3 N–H and O–H groups in total. The maximum atomic E-state index is 12.7. The molecule has 0 bridgehead atoms. The number of nitrogens with two attached hydrogens (primary N) is 1. The van der Waals surface area contributed by atoms with E-state index in [0.29, 0.717) is 11.4 Å². The van der Waals surface area contributed by atoms with Crippen molar-refractivity contribution < 1.29 is 8.42 Å². The first kappa shape index (κ1) is 16.5. The molecule has 0 unspecified atom stereocenters. The van der Waals surface area contributed by atoms with Crippen molar-refractivity contribution in [2.24, 2.45) is 5.73 Å². The largest absolute Gasteiger partial charge is 0.329 e. The van der Waals surface area contributed by atoms with Crippen molar-refractivity contribution >= 4 is 10.0 Å². The van der Waals surface area contributed by atoms with Gasteiger partial charge in [0.15, 0.2) is 0 Å². The fraction of sp³-hybridized carbons (Fsp3) is 0.625. The fourth-order valence-corrected chi connectivity index (χ4v) is 4.89. The second-order valence-electron chi connectivity index (χ2n) is 6.27. The molecule has 1 aliphatic rings. The number of hydrogen-bond acceptors (Lipinski definition) is 3. The zero-order chi connectivity index (χ0) is 15.5. The first-order chi connectivity index (χ1) is 9.88. The van der Waals surface area contributed by atoms with Crippen LogP contribution < -0.4 is 10.5 Å². The molecule has 1 fully saturated rings. The Morgan fingerprint density at radius 2 is 1.76 bits per heavy atom. The molecule has 0 spiro atoms. The number of aryl methyl sites for hydroxylation is 2. The van der Waals surface area contributed by atoms with Gasteiger partial charge in [0, 0.05) is 12.1 Å². The van der Waals surface area contributed by atoms with Crippen LogP contribution in [0.1, 0.15) is 49.7 Å². The Kier molecular flexibility index (Phi) is 5.07. The molecule has 1 aromatic carbocycles. The van der Waals surface area contributed by atoms with Crippen molar-refractivity contribution in [2.45, 2.75) is 62.8 Å². The van der Waals surface area contributed by atoms with E-state index in [1.54, 1.807) is 6.07 Å². The average Bonchev–Trinajstić information content (AvgIpc) is 2.64. The minimum atomic E-state index is -3.52. The molecule has 5 heteroatoms. The van der Waals surface area contributed by atoms with Crippen molar-refractivity contribution in [2.75, 3.05) is 6.54 Å². The molecule has 0 aliphatic heterocycles. The second kappa shape index (κ2) is 6.46. The summed E-state index contributed by atoms with van der Waals surface area (Å²) in [7, 11) is -3.52. The van der Waals surface area contributed by atoms with Crippen molar-refractivity contribution in [1.29, 1.82) is 0 Å². The van der Waals surface area contributed by atoms with Crippen molar-refractivity contribution in [1.82, 2.24) is 4.72 Å². The second-order valence-corrected chi connectivity index (χ2v) is 7.92. The van der Waals surface area contributed by atoms with Gasteiger partial charge in [-0.25, -0.2) is 13.1 Å². The molecule has 0 saturated heterocycles. The highest BCUT2D eigenvalue weighted by Gasteiger charge is 2.34. The predicted octanol–water partition coefficient (Wildman–Crippen LogP) is 2.63. The minimum absolute atomic E-state index is 0.358. The van der Waals surface area contributed by atoms with Crippen LogP contribution in [-0.2, 0) is 10.0 Å². The lowest BCUT2D eigenvalue weighted by Crippen LogP contribution is -2.53. The highest BCUT2D eigenvalue weighted by atomic mass is 32.2. The van der Waals surface area contributed by atoms with Gasteiger partial charge in [0.25, 0.3) is 0 Å². The third-order valence-electron chi connectivity index (χ3n) is 4.42. The topological polar surface area (TPSA) is 72.2 Å². The molecule has 0 aromatic heterocycles. The third-order valence-corrected chi connectivity index (χ3v) is 6.16. The predicted molar refractivity (Wildman–Crippen MR) is 85.7 cm³/mol. The van der Waals surface area contributed by atoms with Crippen LogP contribution in [0.15, 0.2) is 23.1 Å². The first-order valence-corrected chi connectivity index (χ1v) is 9.18. The summed E-state index contributed by atoms with van der Waals surface area (Å²) in [4.78, 5) is 0.366. The van der Waals surface area contributed by atoms with Crippen LogP contribution in [0.25, 0.3) is 0 Å². The average molecular weight is 310 g/mol. The number of sulfonamides is 1. The number of rotatable bonds is 4. The van der Waals surface area contributed by atoms with Gasteiger partial charge in [-0.3, -0.25) is 0 Å². The summed E-state index contributed by atoms with van der Waals surface area (Å²) in [6.07, 6.45) is 6.04. The molecule has 1 aromatic rings. The van der Waals surface area contributed by atoms with Crippen LogP contribution in [0, 0.1) is 13.8 Å². The van der Waals surface area contributed by atoms with Gasteiger partial charge in [-0.15, -0.1) is 0 Å². The zero-order valence-corrected chi connectivity index (χ0v) is 13.8. The lowest BCUT2D eigenvalue weighted by atomic mass is 9.92. The Morgan fingerprint density at radius 1 is 1.14 bits per heavy atom. The van der Waals surface area contributed by atoms with E-state index in [4.69, 9.17) is 5.73 Å². The van der Waals surface area contributed by atoms with Crippen molar-refractivity contribution in [3.63, 3.8) is 0 Å². The van der Waals surface area contributed by atoms with E-state index in [9.17, 15) is 8.42 Å². The van der Waals surface area contributed by atoms with Gasteiger partial charge in [0.05, 0.1) is 4.90 Å². The summed E-state index contributed by atoms with van der Waals surface area (Å²) in [6.45, 7) is 4.16. The molecule has 21 heavy (non-hydrogen) atoms. The van der Waals surface area contributed by atoms with Gasteiger partial charge in [0.1, 0.15) is 0 Å². The van der Waals surface area contributed by atoms with Gasteiger partial charge in [-0.2, -0.15) is 0 Å². The lowest BCUT2D eigenvalue weighted by Gasteiger charge is -2.32. The highest BCUT2D eigenvalue weighted by molar-refractivity contribution is 7.89. The Morgan fingerprint density at radius 3 is 2.29 bits per heavy atom. The van der Waals surface area contributed by atoms with Crippen molar-refractivity contribution in [3.8, 4) is 0 Å². The quantitative estimate of drug-likeness (QED) is 0.840. The molecule has 0 heterocycles. The molecule has 1 saturated carbocycles. The molecular formula is C16H26N2O2S. The normalized spacial score (nSPS) is 19.2. The van der Waals surface area contributed by atoms with Crippen LogP contribution in [-0.4, -0.2) is 20.5 Å². The van der Waals surface area contributed by atoms with Gasteiger partial charge >= 0.3 is 0 Å². The van der Waals surface area contributed by atoms with Crippen molar-refractivity contribution in [3.05, 3.63) is 29.3 Å². The Balaban J connectivity index is 2.30.